The fourth-order valence-corrected chi connectivity index (χ4v) is 3.15. The van der Waals surface area contributed by atoms with Crippen molar-refractivity contribution in [3.05, 3.63) is 35.9 Å². The molecule has 0 aliphatic rings. The van der Waals surface area contributed by atoms with Crippen molar-refractivity contribution in [3.63, 3.8) is 0 Å². The molecule has 1 aromatic rings. The lowest BCUT2D eigenvalue weighted by Crippen LogP contribution is -2.13. The van der Waals surface area contributed by atoms with Crippen LogP contribution in [0.5, 0.6) is 0 Å². The van der Waals surface area contributed by atoms with Crippen LogP contribution in [0.15, 0.2) is 30.3 Å². The Morgan fingerprint density at radius 1 is 1.25 bits per heavy atom. The molecule has 0 radical (unpaired) electrons. The molecule has 0 aliphatic heterocycles. The highest BCUT2D eigenvalue weighted by atomic mass is 79.9. The minimum absolute atomic E-state index is 0.233. The van der Waals surface area contributed by atoms with E-state index in [9.17, 15) is 8.42 Å². The van der Waals surface area contributed by atoms with E-state index in [2.05, 4.69) is 15.9 Å². The lowest BCUT2D eigenvalue weighted by atomic mass is 9.99. The van der Waals surface area contributed by atoms with Crippen molar-refractivity contribution in [2.75, 3.05) is 16.8 Å². The molecular weight excluding hydrogens is 288 g/mol. The van der Waals surface area contributed by atoms with E-state index in [1.54, 1.807) is 6.92 Å². The fourth-order valence-electron chi connectivity index (χ4n) is 1.52. The highest BCUT2D eigenvalue weighted by molar-refractivity contribution is 9.09. The van der Waals surface area contributed by atoms with E-state index in [-0.39, 0.29) is 17.4 Å². The van der Waals surface area contributed by atoms with Gasteiger partial charge in [-0.25, -0.2) is 8.42 Å². The molecule has 0 fully saturated rings. The van der Waals surface area contributed by atoms with E-state index >= 15 is 0 Å². The van der Waals surface area contributed by atoms with E-state index < -0.39 is 9.84 Å². The van der Waals surface area contributed by atoms with E-state index in [1.807, 2.05) is 30.3 Å². The van der Waals surface area contributed by atoms with Crippen molar-refractivity contribution >= 4 is 25.8 Å². The molecule has 0 amide bonds. The quantitative estimate of drug-likeness (QED) is 0.757. The van der Waals surface area contributed by atoms with Gasteiger partial charge in [-0.1, -0.05) is 53.2 Å². The van der Waals surface area contributed by atoms with Crippen molar-refractivity contribution in [1.29, 1.82) is 0 Å². The van der Waals surface area contributed by atoms with Crippen LogP contribution in [0.1, 0.15) is 24.8 Å². The van der Waals surface area contributed by atoms with Gasteiger partial charge in [-0.15, -0.1) is 0 Å². The van der Waals surface area contributed by atoms with Gasteiger partial charge in [0.2, 0.25) is 0 Å². The summed E-state index contributed by atoms with van der Waals surface area (Å²) < 4.78 is 22.9. The molecule has 0 aromatic heterocycles. The number of sulfone groups is 1. The van der Waals surface area contributed by atoms with Gasteiger partial charge in [0.05, 0.1) is 5.75 Å². The molecule has 4 heteroatoms. The van der Waals surface area contributed by atoms with Crippen LogP contribution < -0.4 is 0 Å². The monoisotopic (exact) mass is 304 g/mol. The Bertz CT molecular complexity index is 400. The average molecular weight is 305 g/mol. The molecular formula is C12H17BrO2S. The fraction of sp³-hybridized carbons (Fsp3) is 0.500. The summed E-state index contributed by atoms with van der Waals surface area (Å²) >= 11 is 3.45. The minimum Gasteiger partial charge on any atom is -0.229 e. The molecule has 0 bridgehead atoms. The summed E-state index contributed by atoms with van der Waals surface area (Å²) in [5.74, 6) is 0.786. The lowest BCUT2D eigenvalue weighted by Gasteiger charge is -2.14. The van der Waals surface area contributed by atoms with Crippen LogP contribution in [0.2, 0.25) is 0 Å². The van der Waals surface area contributed by atoms with E-state index in [0.29, 0.717) is 6.42 Å². The van der Waals surface area contributed by atoms with Crippen molar-refractivity contribution < 1.29 is 8.42 Å². The molecule has 1 rings (SSSR count). The number of benzene rings is 1. The minimum atomic E-state index is -2.85. The Labute approximate surface area is 106 Å². The second kappa shape index (κ2) is 6.40. The zero-order chi connectivity index (χ0) is 12.0. The first-order chi connectivity index (χ1) is 7.59. The number of hydrogen-bond acceptors (Lipinski definition) is 2. The molecule has 1 atom stereocenters. The van der Waals surface area contributed by atoms with E-state index in [4.69, 9.17) is 0 Å². The topological polar surface area (TPSA) is 34.1 Å². The first-order valence-electron chi connectivity index (χ1n) is 5.40. The van der Waals surface area contributed by atoms with Crippen molar-refractivity contribution in [2.45, 2.75) is 19.3 Å². The molecule has 0 spiro atoms. The Morgan fingerprint density at radius 3 is 2.38 bits per heavy atom. The van der Waals surface area contributed by atoms with Gasteiger partial charge in [0, 0.05) is 11.1 Å². The Morgan fingerprint density at radius 2 is 1.88 bits per heavy atom. The van der Waals surface area contributed by atoms with Gasteiger partial charge in [-0.05, 0) is 17.9 Å². The maximum atomic E-state index is 11.4. The van der Waals surface area contributed by atoms with Crippen molar-refractivity contribution in [1.82, 2.24) is 0 Å². The summed E-state index contributed by atoms with van der Waals surface area (Å²) in [6.45, 7) is 1.70. The maximum Gasteiger partial charge on any atom is 0.150 e. The van der Waals surface area contributed by atoms with Gasteiger partial charge in [-0.2, -0.15) is 0 Å². The summed E-state index contributed by atoms with van der Waals surface area (Å²) in [5.41, 5.74) is 1.20. The third-order valence-electron chi connectivity index (χ3n) is 2.67. The van der Waals surface area contributed by atoms with Gasteiger partial charge in [-0.3, -0.25) is 0 Å². The first-order valence-corrected chi connectivity index (χ1v) is 8.34. The van der Waals surface area contributed by atoms with Crippen LogP contribution in [-0.2, 0) is 9.84 Å². The largest absolute Gasteiger partial charge is 0.229 e. The third kappa shape index (κ3) is 4.26. The lowest BCUT2D eigenvalue weighted by molar-refractivity contribution is 0.590. The van der Waals surface area contributed by atoms with E-state index in [1.165, 1.54) is 5.56 Å². The third-order valence-corrected chi connectivity index (χ3v) is 5.19. The second-order valence-corrected chi connectivity index (χ2v) is 6.91. The van der Waals surface area contributed by atoms with Crippen LogP contribution in [0.25, 0.3) is 0 Å². The predicted octanol–water partition coefficient (Wildman–Crippen LogP) is 2.99. The van der Waals surface area contributed by atoms with E-state index in [0.717, 1.165) is 5.33 Å². The summed E-state index contributed by atoms with van der Waals surface area (Å²) in [6.07, 6.45) is 0.686. The zero-order valence-corrected chi connectivity index (χ0v) is 11.8. The molecule has 2 nitrogen and oxygen atoms in total. The van der Waals surface area contributed by atoms with Crippen LogP contribution in [0.3, 0.4) is 0 Å². The normalized spacial score (nSPS) is 13.6. The highest BCUT2D eigenvalue weighted by Crippen LogP contribution is 2.22. The average Bonchev–Trinajstić information content (AvgIpc) is 2.31. The molecule has 1 aromatic carbocycles. The molecule has 0 heterocycles. The molecule has 16 heavy (non-hydrogen) atoms. The summed E-state index contributed by atoms with van der Waals surface area (Å²) in [5, 5.41) is 0.802. The summed E-state index contributed by atoms with van der Waals surface area (Å²) in [6, 6.07) is 10.0. The number of alkyl halides is 1. The Kier molecular flexibility index (Phi) is 5.49. The maximum absolute atomic E-state index is 11.4. The van der Waals surface area contributed by atoms with Gasteiger partial charge in [0.15, 0.2) is 0 Å². The second-order valence-electron chi connectivity index (χ2n) is 3.79. The van der Waals surface area contributed by atoms with Crippen LogP contribution in [-0.4, -0.2) is 25.3 Å². The number of hydrogen-bond donors (Lipinski definition) is 0. The Hall–Kier alpha value is -0.350. The number of rotatable bonds is 6. The van der Waals surface area contributed by atoms with Gasteiger partial charge in [0.25, 0.3) is 0 Å². The smallest absolute Gasteiger partial charge is 0.150 e. The molecule has 1 unspecified atom stereocenters. The van der Waals surface area contributed by atoms with Gasteiger partial charge in [0.1, 0.15) is 9.84 Å². The SMILES string of the molecule is CCS(=O)(=O)CCC(CBr)c1ccccc1. The molecule has 0 saturated carbocycles. The molecule has 0 saturated heterocycles. The predicted molar refractivity (Wildman–Crippen MR) is 71.9 cm³/mol. The molecule has 0 aliphatic carbocycles. The summed E-state index contributed by atoms with van der Waals surface area (Å²) in [7, 11) is -2.85. The standard InChI is InChI=1S/C12H17BrO2S/c1-2-16(14,15)9-8-12(10-13)11-6-4-3-5-7-11/h3-7,12H,2,8-10H2,1H3. The zero-order valence-electron chi connectivity index (χ0n) is 9.40. The number of halogens is 1. The van der Waals surface area contributed by atoms with Crippen LogP contribution in [0, 0.1) is 0 Å². The van der Waals surface area contributed by atoms with Crippen molar-refractivity contribution in [3.8, 4) is 0 Å². The van der Waals surface area contributed by atoms with Crippen LogP contribution >= 0.6 is 15.9 Å². The molecule has 0 N–H and O–H groups in total. The van der Waals surface area contributed by atoms with Gasteiger partial charge >= 0.3 is 0 Å². The Balaban J connectivity index is 2.64. The first kappa shape index (κ1) is 13.7. The van der Waals surface area contributed by atoms with Crippen LogP contribution in [0.4, 0.5) is 0 Å². The molecule has 90 valence electrons. The summed E-state index contributed by atoms with van der Waals surface area (Å²) in [4.78, 5) is 0. The highest BCUT2D eigenvalue weighted by Gasteiger charge is 2.14. The van der Waals surface area contributed by atoms with Gasteiger partial charge < -0.3 is 0 Å². The van der Waals surface area contributed by atoms with Crippen molar-refractivity contribution in [2.24, 2.45) is 0 Å².